The molecular weight excluding hydrogens is 314 g/mol. The van der Waals surface area contributed by atoms with Gasteiger partial charge in [0.25, 0.3) is 0 Å². The molecule has 1 aromatic heterocycles. The summed E-state index contributed by atoms with van der Waals surface area (Å²) >= 11 is 3.44. The van der Waals surface area contributed by atoms with E-state index in [-0.39, 0.29) is 6.04 Å². The van der Waals surface area contributed by atoms with Crippen LogP contribution in [0.1, 0.15) is 17.3 Å². The van der Waals surface area contributed by atoms with Crippen molar-refractivity contribution in [2.45, 2.75) is 12.5 Å². The second kappa shape index (κ2) is 5.38. The molecule has 4 heteroatoms. The number of benzene rings is 2. The molecule has 0 aliphatic carbocycles. The molecule has 1 atom stereocenters. The Labute approximate surface area is 126 Å². The van der Waals surface area contributed by atoms with Crippen LogP contribution in [0, 0.1) is 0 Å². The van der Waals surface area contributed by atoms with Gasteiger partial charge in [0.05, 0.1) is 11.2 Å². The van der Waals surface area contributed by atoms with E-state index < -0.39 is 0 Å². The minimum absolute atomic E-state index is 0.0404. The predicted octanol–water partition coefficient (Wildman–Crippen LogP) is 3.58. The summed E-state index contributed by atoms with van der Waals surface area (Å²) in [5, 5.41) is 5.78. The molecule has 0 bridgehead atoms. The number of hydrogen-bond donors (Lipinski definition) is 1. The molecule has 1 unspecified atom stereocenters. The van der Waals surface area contributed by atoms with Gasteiger partial charge in [-0.1, -0.05) is 46.3 Å². The van der Waals surface area contributed by atoms with Crippen LogP contribution in [0.2, 0.25) is 0 Å². The first-order chi connectivity index (χ1) is 9.65. The van der Waals surface area contributed by atoms with E-state index in [1.807, 2.05) is 36.0 Å². The highest BCUT2D eigenvalue weighted by Gasteiger charge is 2.13. The van der Waals surface area contributed by atoms with Crippen molar-refractivity contribution in [3.05, 3.63) is 64.3 Å². The van der Waals surface area contributed by atoms with Crippen molar-refractivity contribution in [3.63, 3.8) is 0 Å². The van der Waals surface area contributed by atoms with Crippen molar-refractivity contribution in [1.82, 2.24) is 9.78 Å². The molecule has 1 heterocycles. The van der Waals surface area contributed by atoms with Crippen molar-refractivity contribution in [3.8, 4) is 0 Å². The van der Waals surface area contributed by atoms with E-state index in [0.717, 1.165) is 27.7 Å². The van der Waals surface area contributed by atoms with Crippen LogP contribution in [0.3, 0.4) is 0 Å². The molecule has 0 fully saturated rings. The summed E-state index contributed by atoms with van der Waals surface area (Å²) in [6.45, 7) is 0. The lowest BCUT2D eigenvalue weighted by Gasteiger charge is -2.10. The van der Waals surface area contributed by atoms with Crippen LogP contribution in [-0.4, -0.2) is 9.78 Å². The maximum absolute atomic E-state index is 6.31. The fraction of sp³-hybridized carbons (Fsp3) is 0.188. The molecule has 0 saturated heterocycles. The fourth-order valence-corrected chi connectivity index (χ4v) is 2.74. The van der Waals surface area contributed by atoms with Crippen molar-refractivity contribution >= 4 is 26.8 Å². The normalized spacial score (nSPS) is 12.8. The average Bonchev–Trinajstić information content (AvgIpc) is 2.77. The van der Waals surface area contributed by atoms with Crippen LogP contribution in [-0.2, 0) is 13.5 Å². The molecule has 3 nitrogen and oxygen atoms in total. The number of hydrogen-bond acceptors (Lipinski definition) is 2. The van der Waals surface area contributed by atoms with Gasteiger partial charge in [-0.3, -0.25) is 4.68 Å². The largest absolute Gasteiger partial charge is 0.324 e. The van der Waals surface area contributed by atoms with Gasteiger partial charge >= 0.3 is 0 Å². The van der Waals surface area contributed by atoms with Crippen molar-refractivity contribution in [1.29, 1.82) is 0 Å². The number of halogens is 1. The lowest BCUT2D eigenvalue weighted by Crippen LogP contribution is -2.13. The zero-order valence-electron chi connectivity index (χ0n) is 11.3. The molecule has 0 aliphatic rings. The fourth-order valence-electron chi connectivity index (χ4n) is 2.48. The van der Waals surface area contributed by atoms with Crippen molar-refractivity contribution < 1.29 is 0 Å². The van der Waals surface area contributed by atoms with E-state index in [1.54, 1.807) is 0 Å². The number of nitrogens with two attached hydrogens (primary N) is 1. The zero-order chi connectivity index (χ0) is 14.1. The van der Waals surface area contributed by atoms with E-state index in [2.05, 4.69) is 45.3 Å². The first kappa shape index (κ1) is 13.3. The smallest absolute Gasteiger partial charge is 0.0722 e. The first-order valence-corrected chi connectivity index (χ1v) is 7.36. The summed E-state index contributed by atoms with van der Waals surface area (Å²) in [6, 6.07) is 16.4. The third kappa shape index (κ3) is 2.49. The Hall–Kier alpha value is -1.65. The van der Waals surface area contributed by atoms with Gasteiger partial charge in [-0.2, -0.15) is 5.10 Å². The lowest BCUT2D eigenvalue weighted by molar-refractivity contribution is 0.682. The van der Waals surface area contributed by atoms with Gasteiger partial charge in [0, 0.05) is 29.4 Å². The Morgan fingerprint density at radius 1 is 1.15 bits per heavy atom. The summed E-state index contributed by atoms with van der Waals surface area (Å²) in [7, 11) is 1.97. The van der Waals surface area contributed by atoms with E-state index in [9.17, 15) is 0 Å². The molecule has 2 N–H and O–H groups in total. The van der Waals surface area contributed by atoms with Gasteiger partial charge in [-0.25, -0.2) is 0 Å². The first-order valence-electron chi connectivity index (χ1n) is 6.57. The van der Waals surface area contributed by atoms with Crippen LogP contribution in [0.25, 0.3) is 10.9 Å². The Kier molecular flexibility index (Phi) is 3.59. The molecule has 0 spiro atoms. The van der Waals surface area contributed by atoms with Crippen molar-refractivity contribution in [2.75, 3.05) is 0 Å². The number of rotatable bonds is 3. The Morgan fingerprint density at radius 3 is 2.60 bits per heavy atom. The SMILES string of the molecule is Cn1nc(CC(N)c2ccc(Br)cc2)c2ccccc21. The second-order valence-corrected chi connectivity index (χ2v) is 5.87. The summed E-state index contributed by atoms with van der Waals surface area (Å²) in [6.07, 6.45) is 0.739. The minimum Gasteiger partial charge on any atom is -0.324 e. The second-order valence-electron chi connectivity index (χ2n) is 4.95. The third-order valence-corrected chi connectivity index (χ3v) is 4.07. The van der Waals surface area contributed by atoms with E-state index >= 15 is 0 Å². The molecule has 102 valence electrons. The zero-order valence-corrected chi connectivity index (χ0v) is 12.8. The van der Waals surface area contributed by atoms with Crippen LogP contribution in [0.5, 0.6) is 0 Å². The van der Waals surface area contributed by atoms with Crippen LogP contribution < -0.4 is 5.73 Å². The number of aromatic nitrogens is 2. The van der Waals surface area contributed by atoms with Gasteiger partial charge in [0.15, 0.2) is 0 Å². The Morgan fingerprint density at radius 2 is 1.85 bits per heavy atom. The Balaban J connectivity index is 1.91. The summed E-state index contributed by atoms with van der Waals surface area (Å²) in [5.41, 5.74) is 9.64. The molecule has 20 heavy (non-hydrogen) atoms. The summed E-state index contributed by atoms with van der Waals surface area (Å²) in [5.74, 6) is 0. The van der Waals surface area contributed by atoms with Gasteiger partial charge in [-0.05, 0) is 23.8 Å². The Bertz CT molecular complexity index is 731. The van der Waals surface area contributed by atoms with Gasteiger partial charge < -0.3 is 5.73 Å². The molecule has 2 aromatic carbocycles. The number of fused-ring (bicyclic) bond motifs is 1. The van der Waals surface area contributed by atoms with E-state index in [0.29, 0.717) is 0 Å². The lowest BCUT2D eigenvalue weighted by atomic mass is 10.0. The highest BCUT2D eigenvalue weighted by molar-refractivity contribution is 9.10. The standard InChI is InChI=1S/C16H16BrN3/c1-20-16-5-3-2-4-13(16)15(19-20)10-14(18)11-6-8-12(17)9-7-11/h2-9,14H,10,18H2,1H3. The van der Waals surface area contributed by atoms with Gasteiger partial charge in [-0.15, -0.1) is 0 Å². The maximum atomic E-state index is 6.31. The molecule has 0 aliphatic heterocycles. The summed E-state index contributed by atoms with van der Waals surface area (Å²) < 4.78 is 2.98. The molecule has 3 rings (SSSR count). The topological polar surface area (TPSA) is 43.8 Å². The van der Waals surface area contributed by atoms with E-state index in [1.165, 1.54) is 5.39 Å². The molecule has 3 aromatic rings. The number of para-hydroxylation sites is 1. The molecule has 0 amide bonds. The number of nitrogens with zero attached hydrogens (tertiary/aromatic N) is 2. The van der Waals surface area contributed by atoms with Gasteiger partial charge in [0.1, 0.15) is 0 Å². The molecule has 0 radical (unpaired) electrons. The summed E-state index contributed by atoms with van der Waals surface area (Å²) in [4.78, 5) is 0. The monoisotopic (exact) mass is 329 g/mol. The van der Waals surface area contributed by atoms with E-state index in [4.69, 9.17) is 5.73 Å². The number of aryl methyl sites for hydroxylation is 1. The molecule has 0 saturated carbocycles. The third-order valence-electron chi connectivity index (χ3n) is 3.55. The van der Waals surface area contributed by atoms with Gasteiger partial charge in [0.2, 0.25) is 0 Å². The average molecular weight is 330 g/mol. The quantitative estimate of drug-likeness (QED) is 0.798. The molecular formula is C16H16BrN3. The predicted molar refractivity (Wildman–Crippen MR) is 85.5 cm³/mol. The van der Waals surface area contributed by atoms with Crippen LogP contribution in [0.4, 0.5) is 0 Å². The highest BCUT2D eigenvalue weighted by atomic mass is 79.9. The minimum atomic E-state index is -0.0404. The highest BCUT2D eigenvalue weighted by Crippen LogP contribution is 2.23. The van der Waals surface area contributed by atoms with Crippen molar-refractivity contribution in [2.24, 2.45) is 12.8 Å². The van der Waals surface area contributed by atoms with Crippen LogP contribution >= 0.6 is 15.9 Å². The van der Waals surface area contributed by atoms with Crippen LogP contribution in [0.15, 0.2) is 53.0 Å². The maximum Gasteiger partial charge on any atom is 0.0722 e.